The Morgan fingerprint density at radius 1 is 1.00 bits per heavy atom. The SMILES string of the molecule is CN(c1ccc(O)cc1)S(=O)(=O)c1ccc(Cl)c(Cl)c1. The summed E-state index contributed by atoms with van der Waals surface area (Å²) in [5.74, 6) is 0.0640. The Labute approximate surface area is 127 Å². The second-order valence-corrected chi connectivity index (χ2v) is 6.85. The van der Waals surface area contributed by atoms with Gasteiger partial charge in [-0.2, -0.15) is 0 Å². The molecular weight excluding hydrogens is 321 g/mol. The molecule has 0 aromatic heterocycles. The average Bonchev–Trinajstić information content (AvgIpc) is 2.41. The van der Waals surface area contributed by atoms with Crippen molar-refractivity contribution < 1.29 is 13.5 Å². The number of anilines is 1. The molecule has 2 aromatic rings. The van der Waals surface area contributed by atoms with Crippen LogP contribution in [0.25, 0.3) is 0 Å². The highest BCUT2D eigenvalue weighted by molar-refractivity contribution is 7.92. The molecule has 0 unspecified atom stereocenters. The van der Waals surface area contributed by atoms with E-state index in [0.29, 0.717) is 5.69 Å². The van der Waals surface area contributed by atoms with Gasteiger partial charge in [-0.25, -0.2) is 8.42 Å². The van der Waals surface area contributed by atoms with E-state index in [1.807, 2.05) is 0 Å². The molecular formula is C13H11Cl2NO3S. The van der Waals surface area contributed by atoms with E-state index >= 15 is 0 Å². The average molecular weight is 332 g/mol. The van der Waals surface area contributed by atoms with Gasteiger partial charge in [0.2, 0.25) is 0 Å². The number of rotatable bonds is 3. The van der Waals surface area contributed by atoms with Crippen LogP contribution in [0, 0.1) is 0 Å². The molecule has 0 aliphatic carbocycles. The van der Waals surface area contributed by atoms with Crippen LogP contribution in [0.3, 0.4) is 0 Å². The Morgan fingerprint density at radius 2 is 1.60 bits per heavy atom. The number of phenolic OH excluding ortho intramolecular Hbond substituents is 1. The second-order valence-electron chi connectivity index (χ2n) is 4.06. The minimum absolute atomic E-state index is 0.0440. The molecule has 0 fully saturated rings. The van der Waals surface area contributed by atoms with Gasteiger partial charge in [0.25, 0.3) is 10.0 Å². The van der Waals surface area contributed by atoms with E-state index in [1.165, 1.54) is 49.5 Å². The van der Waals surface area contributed by atoms with Crippen molar-refractivity contribution in [3.63, 3.8) is 0 Å². The molecule has 4 nitrogen and oxygen atoms in total. The zero-order chi connectivity index (χ0) is 14.9. The standard InChI is InChI=1S/C13H11Cl2NO3S/c1-16(9-2-4-10(17)5-3-9)20(18,19)11-6-7-12(14)13(15)8-11/h2-8,17H,1H3. The van der Waals surface area contributed by atoms with E-state index in [-0.39, 0.29) is 20.7 Å². The number of phenols is 1. The lowest BCUT2D eigenvalue weighted by Gasteiger charge is -2.19. The molecule has 0 spiro atoms. The fraction of sp³-hybridized carbons (Fsp3) is 0.0769. The van der Waals surface area contributed by atoms with Gasteiger partial charge in [0, 0.05) is 7.05 Å². The summed E-state index contributed by atoms with van der Waals surface area (Å²) in [5, 5.41) is 9.69. The zero-order valence-electron chi connectivity index (χ0n) is 10.4. The Bertz CT molecular complexity index is 730. The van der Waals surface area contributed by atoms with E-state index < -0.39 is 10.0 Å². The van der Waals surface area contributed by atoms with Gasteiger partial charge in [-0.05, 0) is 42.5 Å². The highest BCUT2D eigenvalue weighted by Gasteiger charge is 2.22. The van der Waals surface area contributed by atoms with Crippen LogP contribution in [-0.2, 0) is 10.0 Å². The lowest BCUT2D eigenvalue weighted by Crippen LogP contribution is -2.26. The number of nitrogens with zero attached hydrogens (tertiary/aromatic N) is 1. The third-order valence-electron chi connectivity index (χ3n) is 2.76. The summed E-state index contributed by atoms with van der Waals surface area (Å²) in [6, 6.07) is 9.96. The van der Waals surface area contributed by atoms with Gasteiger partial charge in [-0.1, -0.05) is 23.2 Å². The van der Waals surface area contributed by atoms with Crippen molar-refractivity contribution in [2.75, 3.05) is 11.4 Å². The van der Waals surface area contributed by atoms with Crippen LogP contribution in [0.15, 0.2) is 47.4 Å². The lowest BCUT2D eigenvalue weighted by atomic mass is 10.3. The van der Waals surface area contributed by atoms with Crippen molar-refractivity contribution in [3.8, 4) is 5.75 Å². The predicted molar refractivity (Wildman–Crippen MR) is 80.2 cm³/mol. The number of halogens is 2. The molecule has 0 saturated carbocycles. The number of benzene rings is 2. The molecule has 1 N–H and O–H groups in total. The maximum atomic E-state index is 12.4. The highest BCUT2D eigenvalue weighted by atomic mass is 35.5. The topological polar surface area (TPSA) is 57.6 Å². The molecule has 0 saturated heterocycles. The number of sulfonamides is 1. The van der Waals surface area contributed by atoms with Crippen molar-refractivity contribution in [1.29, 1.82) is 0 Å². The molecule has 0 amide bonds. The third kappa shape index (κ3) is 2.85. The monoisotopic (exact) mass is 331 g/mol. The lowest BCUT2D eigenvalue weighted by molar-refractivity contribution is 0.475. The summed E-state index contributed by atoms with van der Waals surface area (Å²) in [7, 11) is -2.31. The van der Waals surface area contributed by atoms with Gasteiger partial charge in [0.05, 0.1) is 20.6 Å². The van der Waals surface area contributed by atoms with Crippen molar-refractivity contribution in [2.45, 2.75) is 4.90 Å². The maximum Gasteiger partial charge on any atom is 0.264 e. The quantitative estimate of drug-likeness (QED) is 0.935. The molecule has 106 valence electrons. The molecule has 20 heavy (non-hydrogen) atoms. The van der Waals surface area contributed by atoms with Gasteiger partial charge in [0.15, 0.2) is 0 Å². The molecule has 0 bridgehead atoms. The fourth-order valence-electron chi connectivity index (χ4n) is 1.60. The van der Waals surface area contributed by atoms with E-state index in [4.69, 9.17) is 23.2 Å². The second kappa shape index (κ2) is 5.52. The summed E-state index contributed by atoms with van der Waals surface area (Å²) in [5.41, 5.74) is 0.425. The Morgan fingerprint density at radius 3 is 2.15 bits per heavy atom. The summed E-state index contributed by atoms with van der Waals surface area (Å²) < 4.78 is 26.0. The third-order valence-corrected chi connectivity index (χ3v) is 5.28. The van der Waals surface area contributed by atoms with Crippen molar-refractivity contribution >= 4 is 38.9 Å². The van der Waals surface area contributed by atoms with Crippen LogP contribution in [0.5, 0.6) is 5.75 Å². The van der Waals surface area contributed by atoms with Crippen LogP contribution in [0.4, 0.5) is 5.69 Å². The Kier molecular flexibility index (Phi) is 4.13. The number of hydrogen-bond donors (Lipinski definition) is 1. The molecule has 2 aromatic carbocycles. The summed E-state index contributed by atoms with van der Waals surface area (Å²) in [6.07, 6.45) is 0. The largest absolute Gasteiger partial charge is 0.508 e. The molecule has 0 heterocycles. The number of aromatic hydroxyl groups is 1. The Balaban J connectivity index is 2.43. The van der Waals surface area contributed by atoms with Crippen molar-refractivity contribution in [2.24, 2.45) is 0 Å². The molecule has 0 atom stereocenters. The van der Waals surface area contributed by atoms with Crippen LogP contribution in [0.1, 0.15) is 0 Å². The van der Waals surface area contributed by atoms with Gasteiger partial charge >= 0.3 is 0 Å². The molecule has 0 aliphatic heterocycles. The first-order valence-electron chi connectivity index (χ1n) is 5.55. The maximum absolute atomic E-state index is 12.4. The van der Waals surface area contributed by atoms with Crippen LogP contribution in [0.2, 0.25) is 10.0 Å². The first-order chi connectivity index (χ1) is 9.32. The highest BCUT2D eigenvalue weighted by Crippen LogP contribution is 2.28. The minimum atomic E-state index is -3.74. The number of hydrogen-bond acceptors (Lipinski definition) is 3. The van der Waals surface area contributed by atoms with Gasteiger partial charge < -0.3 is 5.11 Å². The van der Waals surface area contributed by atoms with Crippen molar-refractivity contribution in [1.82, 2.24) is 0 Å². The molecule has 0 aliphatic rings. The predicted octanol–water partition coefficient (Wildman–Crippen LogP) is 3.52. The normalized spacial score (nSPS) is 11.3. The van der Waals surface area contributed by atoms with Gasteiger partial charge in [0.1, 0.15) is 5.75 Å². The summed E-state index contributed by atoms with van der Waals surface area (Å²) >= 11 is 11.6. The first-order valence-corrected chi connectivity index (χ1v) is 7.75. The van der Waals surface area contributed by atoms with E-state index in [0.717, 1.165) is 4.31 Å². The van der Waals surface area contributed by atoms with Gasteiger partial charge in [-0.3, -0.25) is 4.31 Å². The first kappa shape index (κ1) is 15.0. The fourth-order valence-corrected chi connectivity index (χ4v) is 3.18. The minimum Gasteiger partial charge on any atom is -0.508 e. The van der Waals surface area contributed by atoms with Crippen LogP contribution >= 0.6 is 23.2 Å². The van der Waals surface area contributed by atoms with E-state index in [2.05, 4.69) is 0 Å². The summed E-state index contributed by atoms with van der Waals surface area (Å²) in [6.45, 7) is 0. The molecule has 7 heteroatoms. The zero-order valence-corrected chi connectivity index (χ0v) is 12.7. The van der Waals surface area contributed by atoms with Crippen LogP contribution < -0.4 is 4.31 Å². The van der Waals surface area contributed by atoms with Crippen molar-refractivity contribution in [3.05, 3.63) is 52.5 Å². The molecule has 2 rings (SSSR count). The Hall–Kier alpha value is -1.43. The van der Waals surface area contributed by atoms with E-state index in [9.17, 15) is 13.5 Å². The smallest absolute Gasteiger partial charge is 0.264 e. The van der Waals surface area contributed by atoms with Gasteiger partial charge in [-0.15, -0.1) is 0 Å². The summed E-state index contributed by atoms with van der Waals surface area (Å²) in [4.78, 5) is 0.0440. The molecule has 0 radical (unpaired) electrons. The van der Waals surface area contributed by atoms with E-state index in [1.54, 1.807) is 0 Å². The van der Waals surface area contributed by atoms with Crippen LogP contribution in [-0.4, -0.2) is 20.6 Å².